The predicted octanol–water partition coefficient (Wildman–Crippen LogP) is 3.32. The van der Waals surface area contributed by atoms with E-state index >= 15 is 0 Å². The number of hydrogen-bond acceptors (Lipinski definition) is 2. The maximum atomic E-state index is 12.4. The molecular formula is C17H22N2O. The average Bonchev–Trinajstić information content (AvgIpc) is 2.48. The lowest BCUT2D eigenvalue weighted by Crippen LogP contribution is -2.35. The van der Waals surface area contributed by atoms with Crippen LogP contribution in [0.5, 0.6) is 0 Å². The molecule has 0 radical (unpaired) electrons. The van der Waals surface area contributed by atoms with Gasteiger partial charge in [0.15, 0.2) is 0 Å². The summed E-state index contributed by atoms with van der Waals surface area (Å²) in [5, 5.41) is 2.26. The fourth-order valence-corrected chi connectivity index (χ4v) is 2.40. The zero-order valence-corrected chi connectivity index (χ0v) is 12.2. The minimum Gasteiger partial charge on any atom is -0.327 e. The summed E-state index contributed by atoms with van der Waals surface area (Å²) in [6.45, 7) is 4.66. The summed E-state index contributed by atoms with van der Waals surface area (Å²) in [6.07, 6.45) is 1.21. The molecule has 1 unspecified atom stereocenters. The maximum Gasteiger partial charge on any atom is 0.228 e. The summed E-state index contributed by atoms with van der Waals surface area (Å²) in [4.78, 5) is 14.3. The second-order valence-electron chi connectivity index (χ2n) is 5.01. The van der Waals surface area contributed by atoms with Crippen LogP contribution in [-0.4, -0.2) is 18.5 Å². The molecule has 0 aliphatic carbocycles. The molecule has 0 bridgehead atoms. The molecule has 3 heteroatoms. The van der Waals surface area contributed by atoms with Gasteiger partial charge in [-0.25, -0.2) is 0 Å². The van der Waals surface area contributed by atoms with E-state index in [0.717, 1.165) is 22.9 Å². The van der Waals surface area contributed by atoms with Gasteiger partial charge >= 0.3 is 0 Å². The molecule has 1 amide bonds. The largest absolute Gasteiger partial charge is 0.327 e. The van der Waals surface area contributed by atoms with Crippen LogP contribution in [0.2, 0.25) is 0 Å². The van der Waals surface area contributed by atoms with Crippen molar-refractivity contribution in [2.45, 2.75) is 32.7 Å². The Morgan fingerprint density at radius 2 is 1.85 bits per heavy atom. The van der Waals surface area contributed by atoms with Gasteiger partial charge in [-0.3, -0.25) is 4.79 Å². The number of anilines is 1. The number of carbonyl (C=O) groups is 1. The molecule has 0 aliphatic heterocycles. The van der Waals surface area contributed by atoms with Crippen molar-refractivity contribution in [2.24, 2.45) is 5.73 Å². The van der Waals surface area contributed by atoms with E-state index in [4.69, 9.17) is 5.73 Å². The van der Waals surface area contributed by atoms with Crippen molar-refractivity contribution in [2.75, 3.05) is 11.4 Å². The molecule has 2 N–H and O–H groups in total. The summed E-state index contributed by atoms with van der Waals surface area (Å²) < 4.78 is 0. The van der Waals surface area contributed by atoms with Gasteiger partial charge in [-0.15, -0.1) is 0 Å². The Morgan fingerprint density at radius 1 is 1.15 bits per heavy atom. The Balaban J connectivity index is 2.37. The molecule has 20 heavy (non-hydrogen) atoms. The van der Waals surface area contributed by atoms with Crippen LogP contribution < -0.4 is 10.6 Å². The highest BCUT2D eigenvalue weighted by molar-refractivity contribution is 6.03. The number of nitrogens with zero attached hydrogens (tertiary/aromatic N) is 1. The molecule has 106 valence electrons. The molecule has 3 nitrogen and oxygen atoms in total. The number of amides is 1. The van der Waals surface area contributed by atoms with Crippen LogP contribution >= 0.6 is 0 Å². The molecular weight excluding hydrogens is 248 g/mol. The second-order valence-corrected chi connectivity index (χ2v) is 5.01. The Kier molecular flexibility index (Phi) is 4.74. The first-order valence-corrected chi connectivity index (χ1v) is 7.21. The lowest BCUT2D eigenvalue weighted by Gasteiger charge is -2.24. The topological polar surface area (TPSA) is 46.3 Å². The first-order valence-electron chi connectivity index (χ1n) is 7.21. The van der Waals surface area contributed by atoms with Crippen LogP contribution in [0.15, 0.2) is 42.5 Å². The lowest BCUT2D eigenvalue weighted by atomic mass is 10.1. The molecule has 0 spiro atoms. The minimum absolute atomic E-state index is 0.0634. The first kappa shape index (κ1) is 14.5. The fraction of sp³-hybridized carbons (Fsp3) is 0.353. The third-order valence-electron chi connectivity index (χ3n) is 3.64. The van der Waals surface area contributed by atoms with E-state index in [-0.39, 0.29) is 11.9 Å². The van der Waals surface area contributed by atoms with Crippen molar-refractivity contribution < 1.29 is 4.79 Å². The first-order chi connectivity index (χ1) is 9.67. The van der Waals surface area contributed by atoms with Crippen molar-refractivity contribution >= 4 is 22.4 Å². The van der Waals surface area contributed by atoms with Crippen LogP contribution in [0.25, 0.3) is 10.8 Å². The van der Waals surface area contributed by atoms with Gasteiger partial charge < -0.3 is 10.6 Å². The summed E-state index contributed by atoms with van der Waals surface area (Å²) >= 11 is 0. The molecule has 2 aromatic carbocycles. The van der Waals surface area contributed by atoms with E-state index in [0.29, 0.717) is 13.0 Å². The molecule has 2 aromatic rings. The van der Waals surface area contributed by atoms with Gasteiger partial charge in [0.05, 0.1) is 5.69 Å². The van der Waals surface area contributed by atoms with Crippen molar-refractivity contribution in [3.63, 3.8) is 0 Å². The van der Waals surface area contributed by atoms with Gasteiger partial charge in [-0.05, 0) is 24.8 Å². The van der Waals surface area contributed by atoms with E-state index in [1.807, 2.05) is 43.0 Å². The lowest BCUT2D eigenvalue weighted by molar-refractivity contribution is -0.118. The van der Waals surface area contributed by atoms with E-state index in [2.05, 4.69) is 18.2 Å². The van der Waals surface area contributed by atoms with Crippen LogP contribution in [0.1, 0.15) is 26.7 Å². The number of benzene rings is 2. The van der Waals surface area contributed by atoms with Gasteiger partial charge in [0.2, 0.25) is 5.91 Å². The monoisotopic (exact) mass is 270 g/mol. The second kappa shape index (κ2) is 6.53. The molecule has 0 fully saturated rings. The van der Waals surface area contributed by atoms with Gasteiger partial charge in [0.25, 0.3) is 0 Å². The van der Waals surface area contributed by atoms with E-state index in [1.54, 1.807) is 0 Å². The normalized spacial score (nSPS) is 12.3. The average molecular weight is 270 g/mol. The molecule has 0 aliphatic rings. The highest BCUT2D eigenvalue weighted by Gasteiger charge is 2.18. The SMILES string of the molecule is CCC(N)CC(=O)N(CC)c1cccc2ccccc12. The van der Waals surface area contributed by atoms with Crippen LogP contribution in [0.3, 0.4) is 0 Å². The number of rotatable bonds is 5. The molecule has 0 aromatic heterocycles. The summed E-state index contributed by atoms with van der Waals surface area (Å²) in [5.41, 5.74) is 6.88. The Hall–Kier alpha value is -1.87. The minimum atomic E-state index is -0.0634. The molecule has 0 heterocycles. The maximum absolute atomic E-state index is 12.4. The molecule has 1 atom stereocenters. The number of fused-ring (bicyclic) bond motifs is 1. The quantitative estimate of drug-likeness (QED) is 0.906. The standard InChI is InChI=1S/C17H22N2O/c1-3-14(18)12-17(20)19(4-2)16-11-7-9-13-8-5-6-10-15(13)16/h5-11,14H,3-4,12,18H2,1-2H3. The Morgan fingerprint density at radius 3 is 2.55 bits per heavy atom. The van der Waals surface area contributed by atoms with Crippen LogP contribution in [0, 0.1) is 0 Å². The molecule has 2 rings (SSSR count). The smallest absolute Gasteiger partial charge is 0.228 e. The van der Waals surface area contributed by atoms with Crippen molar-refractivity contribution in [3.8, 4) is 0 Å². The van der Waals surface area contributed by atoms with Gasteiger partial charge in [-0.2, -0.15) is 0 Å². The van der Waals surface area contributed by atoms with Crippen molar-refractivity contribution in [1.82, 2.24) is 0 Å². The van der Waals surface area contributed by atoms with Crippen molar-refractivity contribution in [1.29, 1.82) is 0 Å². The highest BCUT2D eigenvalue weighted by Crippen LogP contribution is 2.27. The van der Waals surface area contributed by atoms with Crippen LogP contribution in [0.4, 0.5) is 5.69 Å². The molecule has 0 saturated heterocycles. The fourth-order valence-electron chi connectivity index (χ4n) is 2.40. The van der Waals surface area contributed by atoms with E-state index in [1.165, 1.54) is 0 Å². The number of nitrogens with two attached hydrogens (primary N) is 1. The summed E-state index contributed by atoms with van der Waals surface area (Å²) in [5.74, 6) is 0.0956. The predicted molar refractivity (Wildman–Crippen MR) is 84.9 cm³/mol. The number of hydrogen-bond donors (Lipinski definition) is 1. The Bertz CT molecular complexity index is 589. The summed E-state index contributed by atoms with van der Waals surface area (Å²) in [6, 6.07) is 14.1. The van der Waals surface area contributed by atoms with Crippen molar-refractivity contribution in [3.05, 3.63) is 42.5 Å². The zero-order valence-electron chi connectivity index (χ0n) is 12.2. The zero-order chi connectivity index (χ0) is 14.5. The van der Waals surface area contributed by atoms with Gasteiger partial charge in [-0.1, -0.05) is 43.3 Å². The highest BCUT2D eigenvalue weighted by atomic mass is 16.2. The number of carbonyl (C=O) groups excluding carboxylic acids is 1. The summed E-state index contributed by atoms with van der Waals surface area (Å²) in [7, 11) is 0. The Labute approximate surface area is 120 Å². The molecule has 0 saturated carbocycles. The van der Waals surface area contributed by atoms with E-state index < -0.39 is 0 Å². The third kappa shape index (κ3) is 2.99. The van der Waals surface area contributed by atoms with Gasteiger partial charge in [0, 0.05) is 24.4 Å². The van der Waals surface area contributed by atoms with Gasteiger partial charge in [0.1, 0.15) is 0 Å². The van der Waals surface area contributed by atoms with E-state index in [9.17, 15) is 4.79 Å². The third-order valence-corrected chi connectivity index (χ3v) is 3.64. The van der Waals surface area contributed by atoms with Crippen LogP contribution in [-0.2, 0) is 4.79 Å².